The molecule has 0 saturated carbocycles. The van der Waals surface area contributed by atoms with Gasteiger partial charge in [0.25, 0.3) is 0 Å². The number of nitrogens with one attached hydrogen (secondary N) is 1. The molecule has 3 rings (SSSR count). The topological polar surface area (TPSA) is 68.3 Å². The smallest absolute Gasteiger partial charge is 0.338 e. The van der Waals surface area contributed by atoms with Gasteiger partial charge in [-0.2, -0.15) is 0 Å². The van der Waals surface area contributed by atoms with Crippen molar-refractivity contribution in [2.45, 2.75) is 20.0 Å². The van der Waals surface area contributed by atoms with Gasteiger partial charge in [0.15, 0.2) is 0 Å². The molecule has 0 atom stereocenters. The van der Waals surface area contributed by atoms with Gasteiger partial charge in [-0.05, 0) is 37.3 Å². The van der Waals surface area contributed by atoms with Crippen LogP contribution in [0.3, 0.4) is 0 Å². The average Bonchev–Trinajstić information content (AvgIpc) is 3.09. The van der Waals surface area contributed by atoms with E-state index in [1.54, 1.807) is 29.6 Å². The van der Waals surface area contributed by atoms with Gasteiger partial charge in [0.05, 0.1) is 17.7 Å². The van der Waals surface area contributed by atoms with Crippen molar-refractivity contribution in [2.24, 2.45) is 0 Å². The number of carbonyl (C=O) groups excluding carboxylic acids is 2. The molecule has 1 N–H and O–H groups in total. The van der Waals surface area contributed by atoms with E-state index in [9.17, 15) is 9.59 Å². The lowest BCUT2D eigenvalue weighted by molar-refractivity contribution is -0.115. The number of ether oxygens (including phenoxy) is 1. The number of aryl methyl sites for hydroxylation is 1. The number of carbonyl (C=O) groups is 2. The van der Waals surface area contributed by atoms with Crippen LogP contribution in [-0.4, -0.2) is 16.9 Å². The van der Waals surface area contributed by atoms with Crippen molar-refractivity contribution >= 4 is 40.5 Å². The van der Waals surface area contributed by atoms with Crippen molar-refractivity contribution in [1.29, 1.82) is 0 Å². The van der Waals surface area contributed by atoms with E-state index in [4.69, 9.17) is 16.3 Å². The maximum atomic E-state index is 12.1. The predicted octanol–water partition coefficient (Wildman–Crippen LogP) is 4.64. The molecule has 0 unspecified atom stereocenters. The Morgan fingerprint density at radius 1 is 1.19 bits per heavy atom. The van der Waals surface area contributed by atoms with E-state index in [2.05, 4.69) is 10.3 Å². The fraction of sp³-hybridized carbons (Fsp3) is 0.150. The zero-order chi connectivity index (χ0) is 19.2. The van der Waals surface area contributed by atoms with E-state index in [1.807, 2.05) is 31.2 Å². The normalized spacial score (nSPS) is 10.4. The number of anilines is 1. The standard InChI is InChI=1S/C20H17ClN2O3S/c1-13-5-7-16(8-6-13)22-18(24)10-19-23-17(12-27-19)11-26-20(25)14-3-2-4-15(21)9-14/h2-9,12H,10-11H2,1H3,(H,22,24). The summed E-state index contributed by atoms with van der Waals surface area (Å²) in [6, 6.07) is 14.1. The van der Waals surface area contributed by atoms with E-state index in [1.165, 1.54) is 11.3 Å². The molecule has 0 spiro atoms. The van der Waals surface area contributed by atoms with Gasteiger partial charge in [-0.15, -0.1) is 11.3 Å². The number of amides is 1. The molecule has 27 heavy (non-hydrogen) atoms. The Labute approximate surface area is 166 Å². The molecule has 3 aromatic rings. The molecule has 138 valence electrons. The quantitative estimate of drug-likeness (QED) is 0.612. The molecular formula is C20H17ClN2O3S. The van der Waals surface area contributed by atoms with Crippen LogP contribution in [0, 0.1) is 6.92 Å². The first-order valence-electron chi connectivity index (χ1n) is 8.22. The third kappa shape index (κ3) is 5.64. The highest BCUT2D eigenvalue weighted by atomic mass is 35.5. The molecular weight excluding hydrogens is 384 g/mol. The van der Waals surface area contributed by atoms with Crippen molar-refractivity contribution in [3.05, 3.63) is 80.8 Å². The molecule has 1 heterocycles. The zero-order valence-corrected chi connectivity index (χ0v) is 16.1. The van der Waals surface area contributed by atoms with Gasteiger partial charge in [-0.25, -0.2) is 9.78 Å². The molecule has 2 aromatic carbocycles. The monoisotopic (exact) mass is 400 g/mol. The number of nitrogens with zero attached hydrogens (tertiary/aromatic N) is 1. The third-order valence-corrected chi connectivity index (χ3v) is 4.79. The van der Waals surface area contributed by atoms with Crippen LogP contribution >= 0.6 is 22.9 Å². The molecule has 5 nitrogen and oxygen atoms in total. The Morgan fingerprint density at radius 2 is 1.96 bits per heavy atom. The van der Waals surface area contributed by atoms with Crippen molar-refractivity contribution in [2.75, 3.05) is 5.32 Å². The maximum absolute atomic E-state index is 12.1. The number of hydrogen-bond donors (Lipinski definition) is 1. The summed E-state index contributed by atoms with van der Waals surface area (Å²) in [6.07, 6.45) is 0.167. The molecule has 1 aromatic heterocycles. The van der Waals surface area contributed by atoms with Gasteiger partial charge >= 0.3 is 5.97 Å². The number of aromatic nitrogens is 1. The molecule has 0 aliphatic heterocycles. The lowest BCUT2D eigenvalue weighted by Gasteiger charge is -2.04. The van der Waals surface area contributed by atoms with Gasteiger partial charge in [-0.3, -0.25) is 4.79 Å². The Kier molecular flexibility index (Phi) is 6.21. The minimum atomic E-state index is -0.468. The number of halogens is 1. The summed E-state index contributed by atoms with van der Waals surface area (Å²) in [5.74, 6) is -0.611. The van der Waals surface area contributed by atoms with Crippen LogP contribution in [0.1, 0.15) is 26.6 Å². The Morgan fingerprint density at radius 3 is 2.70 bits per heavy atom. The van der Waals surface area contributed by atoms with Crippen molar-refractivity contribution in [3.63, 3.8) is 0 Å². The van der Waals surface area contributed by atoms with E-state index in [-0.39, 0.29) is 18.9 Å². The molecule has 0 saturated heterocycles. The minimum Gasteiger partial charge on any atom is -0.456 e. The Balaban J connectivity index is 1.51. The Bertz CT molecular complexity index is 954. The average molecular weight is 401 g/mol. The van der Waals surface area contributed by atoms with Gasteiger partial charge in [0, 0.05) is 16.1 Å². The Hall–Kier alpha value is -2.70. The van der Waals surface area contributed by atoms with Crippen molar-refractivity contribution in [1.82, 2.24) is 4.98 Å². The van der Waals surface area contributed by atoms with Gasteiger partial charge in [0.2, 0.25) is 5.91 Å². The fourth-order valence-corrected chi connectivity index (χ4v) is 3.28. The van der Waals surface area contributed by atoms with E-state index < -0.39 is 5.97 Å². The summed E-state index contributed by atoms with van der Waals surface area (Å²) < 4.78 is 5.24. The van der Waals surface area contributed by atoms with Crippen LogP contribution in [0.2, 0.25) is 5.02 Å². The highest BCUT2D eigenvalue weighted by molar-refractivity contribution is 7.09. The molecule has 0 aliphatic rings. The first kappa shape index (κ1) is 19.1. The highest BCUT2D eigenvalue weighted by Crippen LogP contribution is 2.15. The second-order valence-corrected chi connectivity index (χ2v) is 7.29. The minimum absolute atomic E-state index is 0.0431. The van der Waals surface area contributed by atoms with Crippen LogP contribution in [0.4, 0.5) is 5.69 Å². The largest absolute Gasteiger partial charge is 0.456 e. The van der Waals surface area contributed by atoms with E-state index in [0.717, 1.165) is 11.3 Å². The lowest BCUT2D eigenvalue weighted by atomic mass is 10.2. The predicted molar refractivity (Wildman–Crippen MR) is 106 cm³/mol. The third-order valence-electron chi connectivity index (χ3n) is 3.66. The molecule has 1 amide bonds. The SMILES string of the molecule is Cc1ccc(NC(=O)Cc2nc(COC(=O)c3cccc(Cl)c3)cs2)cc1. The highest BCUT2D eigenvalue weighted by Gasteiger charge is 2.11. The van der Waals surface area contributed by atoms with Crippen LogP contribution in [0.25, 0.3) is 0 Å². The van der Waals surface area contributed by atoms with Gasteiger partial charge in [-0.1, -0.05) is 35.4 Å². The zero-order valence-electron chi connectivity index (χ0n) is 14.6. The fourth-order valence-electron chi connectivity index (χ4n) is 2.31. The summed E-state index contributed by atoms with van der Waals surface area (Å²) in [4.78, 5) is 28.5. The van der Waals surface area contributed by atoms with Crippen LogP contribution in [0.5, 0.6) is 0 Å². The van der Waals surface area contributed by atoms with Crippen molar-refractivity contribution < 1.29 is 14.3 Å². The summed E-state index contributed by atoms with van der Waals surface area (Å²) in [5.41, 5.74) is 2.87. The second kappa shape index (κ2) is 8.79. The van der Waals surface area contributed by atoms with Crippen molar-refractivity contribution in [3.8, 4) is 0 Å². The van der Waals surface area contributed by atoms with Crippen LogP contribution in [-0.2, 0) is 22.6 Å². The molecule has 0 radical (unpaired) electrons. The summed E-state index contributed by atoms with van der Waals surface area (Å²) in [7, 11) is 0. The number of hydrogen-bond acceptors (Lipinski definition) is 5. The summed E-state index contributed by atoms with van der Waals surface area (Å²) in [5, 5.41) is 5.74. The number of esters is 1. The molecule has 0 bridgehead atoms. The molecule has 0 fully saturated rings. The van der Waals surface area contributed by atoms with Gasteiger partial charge < -0.3 is 10.1 Å². The first-order valence-corrected chi connectivity index (χ1v) is 9.48. The number of rotatable bonds is 6. The van der Waals surface area contributed by atoms with Crippen LogP contribution < -0.4 is 5.32 Å². The first-order chi connectivity index (χ1) is 13.0. The van der Waals surface area contributed by atoms with Gasteiger partial charge in [0.1, 0.15) is 11.6 Å². The molecule has 0 aliphatic carbocycles. The summed E-state index contributed by atoms with van der Waals surface area (Å²) >= 11 is 7.22. The second-order valence-electron chi connectivity index (χ2n) is 5.91. The lowest BCUT2D eigenvalue weighted by Crippen LogP contribution is -2.14. The summed E-state index contributed by atoms with van der Waals surface area (Å²) in [6.45, 7) is 2.03. The number of benzene rings is 2. The van der Waals surface area contributed by atoms with Crippen LogP contribution in [0.15, 0.2) is 53.9 Å². The molecule has 7 heteroatoms. The van der Waals surface area contributed by atoms with E-state index >= 15 is 0 Å². The number of thiazole rings is 1. The van der Waals surface area contributed by atoms with E-state index in [0.29, 0.717) is 21.3 Å². The maximum Gasteiger partial charge on any atom is 0.338 e.